The Morgan fingerprint density at radius 2 is 2.14 bits per heavy atom. The van der Waals surface area contributed by atoms with Crippen molar-refractivity contribution in [2.24, 2.45) is 5.92 Å². The highest BCUT2D eigenvalue weighted by Gasteiger charge is 2.55. The maximum Gasteiger partial charge on any atom is 0.233 e. The van der Waals surface area contributed by atoms with Crippen LogP contribution >= 0.6 is 12.2 Å². The Morgan fingerprint density at radius 1 is 1.43 bits per heavy atom. The summed E-state index contributed by atoms with van der Waals surface area (Å²) in [5.41, 5.74) is 1.27. The molecular formula is C15H19N3O2S. The minimum absolute atomic E-state index is 0.0113. The monoisotopic (exact) mass is 305 g/mol. The van der Waals surface area contributed by atoms with Crippen LogP contribution < -0.4 is 15.4 Å². The number of nitrogens with one attached hydrogen (secondary N) is 2. The summed E-state index contributed by atoms with van der Waals surface area (Å²) < 4.78 is 6.11. The molecule has 0 spiro atoms. The van der Waals surface area contributed by atoms with Gasteiger partial charge in [0.15, 0.2) is 10.8 Å². The normalized spacial score (nSPS) is 29.6. The van der Waals surface area contributed by atoms with E-state index >= 15 is 0 Å². The predicted molar refractivity (Wildman–Crippen MR) is 84.0 cm³/mol. The molecule has 2 aliphatic heterocycles. The van der Waals surface area contributed by atoms with E-state index in [1.807, 2.05) is 26.0 Å². The molecule has 1 saturated heterocycles. The number of amides is 1. The third kappa shape index (κ3) is 2.14. The lowest BCUT2D eigenvalue weighted by Crippen LogP contribution is -2.70. The van der Waals surface area contributed by atoms with Gasteiger partial charge in [-0.05, 0) is 32.1 Å². The zero-order chi connectivity index (χ0) is 15.4. The Bertz CT molecular complexity index is 631. The summed E-state index contributed by atoms with van der Waals surface area (Å²) in [4.78, 5) is 14.2. The number of ether oxygens (including phenoxy) is 1. The van der Waals surface area contributed by atoms with Crippen LogP contribution in [0.2, 0.25) is 0 Å². The number of thiocarbonyl (C=S) groups is 1. The second kappa shape index (κ2) is 4.59. The van der Waals surface area contributed by atoms with E-state index in [2.05, 4.69) is 16.7 Å². The number of rotatable bonds is 1. The summed E-state index contributed by atoms with van der Waals surface area (Å²) in [7, 11) is 3.51. The van der Waals surface area contributed by atoms with Crippen molar-refractivity contribution in [1.82, 2.24) is 15.5 Å². The fraction of sp³-hybridized carbons (Fsp3) is 0.467. The van der Waals surface area contributed by atoms with E-state index in [1.54, 1.807) is 19.0 Å². The van der Waals surface area contributed by atoms with E-state index < -0.39 is 5.72 Å². The van der Waals surface area contributed by atoms with E-state index in [-0.39, 0.29) is 17.9 Å². The lowest BCUT2D eigenvalue weighted by atomic mass is 9.79. The Balaban J connectivity index is 2.15. The average molecular weight is 305 g/mol. The molecule has 1 aromatic rings. The summed E-state index contributed by atoms with van der Waals surface area (Å²) in [6.45, 7) is 3.90. The van der Waals surface area contributed by atoms with Crippen LogP contribution in [-0.2, 0) is 4.79 Å². The van der Waals surface area contributed by atoms with E-state index in [0.29, 0.717) is 5.11 Å². The molecule has 0 radical (unpaired) electrons. The maximum absolute atomic E-state index is 12.6. The van der Waals surface area contributed by atoms with Crippen molar-refractivity contribution in [3.63, 3.8) is 0 Å². The van der Waals surface area contributed by atoms with Crippen molar-refractivity contribution < 1.29 is 9.53 Å². The number of hydrogen-bond acceptors (Lipinski definition) is 3. The van der Waals surface area contributed by atoms with Crippen LogP contribution in [0.3, 0.4) is 0 Å². The van der Waals surface area contributed by atoms with Crippen molar-refractivity contribution in [2.45, 2.75) is 25.6 Å². The molecule has 1 aromatic carbocycles. The first-order chi connectivity index (χ1) is 9.82. The zero-order valence-electron chi connectivity index (χ0n) is 12.6. The smallest absolute Gasteiger partial charge is 0.233 e. The summed E-state index contributed by atoms with van der Waals surface area (Å²) in [6, 6.07) is 5.83. The van der Waals surface area contributed by atoms with Crippen LogP contribution in [0.15, 0.2) is 18.2 Å². The molecule has 1 amide bonds. The highest BCUT2D eigenvalue weighted by molar-refractivity contribution is 7.80. The largest absolute Gasteiger partial charge is 0.467 e. The summed E-state index contributed by atoms with van der Waals surface area (Å²) >= 11 is 5.27. The van der Waals surface area contributed by atoms with Gasteiger partial charge in [0.05, 0.1) is 6.04 Å². The number of fused-ring (bicyclic) bond motifs is 4. The molecule has 2 N–H and O–H groups in total. The molecule has 0 saturated carbocycles. The van der Waals surface area contributed by atoms with Gasteiger partial charge in [0.1, 0.15) is 11.7 Å². The zero-order valence-corrected chi connectivity index (χ0v) is 13.4. The van der Waals surface area contributed by atoms with E-state index in [0.717, 1.165) is 16.9 Å². The minimum atomic E-state index is -0.837. The van der Waals surface area contributed by atoms with Gasteiger partial charge in [0.2, 0.25) is 5.91 Å². The quantitative estimate of drug-likeness (QED) is 0.767. The number of carbonyl (C=O) groups is 1. The molecule has 2 heterocycles. The third-order valence-electron chi connectivity index (χ3n) is 4.10. The van der Waals surface area contributed by atoms with Crippen LogP contribution in [0, 0.1) is 12.8 Å². The topological polar surface area (TPSA) is 53.6 Å². The van der Waals surface area contributed by atoms with Crippen molar-refractivity contribution in [1.29, 1.82) is 0 Å². The molecule has 5 nitrogen and oxygen atoms in total. The van der Waals surface area contributed by atoms with E-state index in [1.165, 1.54) is 0 Å². The first-order valence-electron chi connectivity index (χ1n) is 6.91. The second-order valence-corrected chi connectivity index (χ2v) is 6.45. The molecule has 21 heavy (non-hydrogen) atoms. The molecule has 2 aliphatic rings. The van der Waals surface area contributed by atoms with Gasteiger partial charge in [-0.3, -0.25) is 4.79 Å². The second-order valence-electron chi connectivity index (χ2n) is 6.04. The first-order valence-corrected chi connectivity index (χ1v) is 7.32. The molecule has 6 heteroatoms. The van der Waals surface area contributed by atoms with Gasteiger partial charge in [-0.15, -0.1) is 0 Å². The Hall–Kier alpha value is -1.82. The van der Waals surface area contributed by atoms with E-state index in [9.17, 15) is 4.79 Å². The van der Waals surface area contributed by atoms with Gasteiger partial charge in [0, 0.05) is 19.7 Å². The van der Waals surface area contributed by atoms with Gasteiger partial charge in [0.25, 0.3) is 0 Å². The third-order valence-corrected chi connectivity index (χ3v) is 4.32. The van der Waals surface area contributed by atoms with Gasteiger partial charge in [-0.1, -0.05) is 17.7 Å². The highest BCUT2D eigenvalue weighted by atomic mass is 32.1. The fourth-order valence-electron chi connectivity index (χ4n) is 3.12. The van der Waals surface area contributed by atoms with Gasteiger partial charge < -0.3 is 20.3 Å². The molecular weight excluding hydrogens is 286 g/mol. The van der Waals surface area contributed by atoms with Crippen molar-refractivity contribution in [3.05, 3.63) is 29.3 Å². The molecule has 0 aliphatic carbocycles. The van der Waals surface area contributed by atoms with Crippen molar-refractivity contribution >= 4 is 23.2 Å². The number of nitrogens with zero attached hydrogens (tertiary/aromatic N) is 1. The number of hydrogen-bond donors (Lipinski definition) is 2. The lowest BCUT2D eigenvalue weighted by Gasteiger charge is -2.51. The van der Waals surface area contributed by atoms with E-state index in [4.69, 9.17) is 17.0 Å². The standard InChI is InChI=1S/C15H19N3O2S/c1-8-5-6-10-9(7-8)12-11(13(19)18(3)4)15(2,20-10)17-14(21)16-12/h5-7,11-12H,1-4H3,(H2,16,17,21)/t11-,12-,15+/m1/s1. The molecule has 112 valence electrons. The summed E-state index contributed by atoms with van der Waals surface area (Å²) in [5.74, 6) is 0.420. The minimum Gasteiger partial charge on any atom is -0.467 e. The number of carbonyl (C=O) groups excluding carboxylic acids is 1. The van der Waals surface area contributed by atoms with Crippen LogP contribution in [0.25, 0.3) is 0 Å². The molecule has 1 fully saturated rings. The summed E-state index contributed by atoms with van der Waals surface area (Å²) in [6.07, 6.45) is 0. The van der Waals surface area contributed by atoms with Crippen LogP contribution in [0.5, 0.6) is 5.75 Å². The predicted octanol–water partition coefficient (Wildman–Crippen LogP) is 1.33. The molecule has 0 unspecified atom stereocenters. The Morgan fingerprint density at radius 3 is 2.81 bits per heavy atom. The highest BCUT2D eigenvalue weighted by Crippen LogP contribution is 2.45. The molecule has 3 atom stereocenters. The Labute approximate surface area is 129 Å². The van der Waals surface area contributed by atoms with Gasteiger partial charge >= 0.3 is 0 Å². The average Bonchev–Trinajstić information content (AvgIpc) is 2.37. The van der Waals surface area contributed by atoms with Crippen LogP contribution in [0.1, 0.15) is 24.1 Å². The lowest BCUT2D eigenvalue weighted by molar-refractivity contribution is -0.146. The SMILES string of the molecule is Cc1ccc2c(c1)[C@H]1NC(=S)N[C@@](C)(O2)[C@H]1C(=O)N(C)C. The first kappa shape index (κ1) is 14.1. The summed E-state index contributed by atoms with van der Waals surface area (Å²) in [5, 5.41) is 6.86. The Kier molecular flexibility index (Phi) is 3.09. The maximum atomic E-state index is 12.6. The molecule has 0 aromatic heterocycles. The number of benzene rings is 1. The number of aryl methyl sites for hydroxylation is 1. The molecule has 3 rings (SSSR count). The van der Waals surface area contributed by atoms with Gasteiger partial charge in [-0.2, -0.15) is 0 Å². The van der Waals surface area contributed by atoms with Crippen molar-refractivity contribution in [2.75, 3.05) is 14.1 Å². The van der Waals surface area contributed by atoms with Crippen molar-refractivity contribution in [3.8, 4) is 5.75 Å². The van der Waals surface area contributed by atoms with Crippen LogP contribution in [-0.4, -0.2) is 35.7 Å². The fourth-order valence-corrected chi connectivity index (χ4v) is 3.45. The van der Waals surface area contributed by atoms with Gasteiger partial charge in [-0.25, -0.2) is 0 Å². The molecule has 2 bridgehead atoms. The van der Waals surface area contributed by atoms with Crippen LogP contribution in [0.4, 0.5) is 0 Å².